The summed E-state index contributed by atoms with van der Waals surface area (Å²) in [4.78, 5) is 0. The summed E-state index contributed by atoms with van der Waals surface area (Å²) >= 11 is 0. The van der Waals surface area contributed by atoms with Gasteiger partial charge in [0.15, 0.2) is 0 Å². The van der Waals surface area contributed by atoms with Gasteiger partial charge in [0.1, 0.15) is 0 Å². The second-order valence-corrected chi connectivity index (χ2v) is 8.97. The van der Waals surface area contributed by atoms with Crippen LogP contribution in [0, 0.1) is 25.7 Å². The molecule has 2 rings (SSSR count). The monoisotopic (exact) mass is 342 g/mol. The maximum absolute atomic E-state index is 12.6. The van der Waals surface area contributed by atoms with E-state index in [1.807, 2.05) is 32.5 Å². The first kappa shape index (κ1) is 18.4. The van der Waals surface area contributed by atoms with Crippen molar-refractivity contribution in [2.24, 2.45) is 18.9 Å². The van der Waals surface area contributed by atoms with Gasteiger partial charge in [0.05, 0.1) is 5.69 Å². The van der Waals surface area contributed by atoms with Crippen LogP contribution in [-0.4, -0.2) is 41.6 Å². The van der Waals surface area contributed by atoms with E-state index in [1.54, 1.807) is 4.31 Å². The van der Waals surface area contributed by atoms with Crippen molar-refractivity contribution >= 4 is 10.2 Å². The minimum absolute atomic E-state index is 0.158. The van der Waals surface area contributed by atoms with Crippen LogP contribution in [0.2, 0.25) is 0 Å². The number of hydrogen-bond donors (Lipinski definition) is 1. The largest absolute Gasteiger partial charge is 0.279 e. The molecule has 1 N–H and O–H groups in total. The molecule has 0 aliphatic carbocycles. The fraction of sp³-hybridized carbons (Fsp3) is 0.812. The maximum atomic E-state index is 12.6. The molecule has 7 heteroatoms. The molecular formula is C16H30N4O2S. The molecule has 2 heterocycles. The van der Waals surface area contributed by atoms with Crippen LogP contribution < -0.4 is 4.72 Å². The molecule has 23 heavy (non-hydrogen) atoms. The van der Waals surface area contributed by atoms with Crippen LogP contribution in [0.3, 0.4) is 0 Å². The summed E-state index contributed by atoms with van der Waals surface area (Å²) in [6.07, 6.45) is 1.75. The lowest BCUT2D eigenvalue weighted by atomic mass is 9.94. The average molecular weight is 343 g/mol. The van der Waals surface area contributed by atoms with Gasteiger partial charge >= 0.3 is 0 Å². The van der Waals surface area contributed by atoms with Crippen LogP contribution in [0.1, 0.15) is 44.1 Å². The molecule has 6 nitrogen and oxygen atoms in total. The van der Waals surface area contributed by atoms with Gasteiger partial charge in [0.2, 0.25) is 0 Å². The van der Waals surface area contributed by atoms with E-state index >= 15 is 0 Å². The highest BCUT2D eigenvalue weighted by Gasteiger charge is 2.31. The normalized spacial score (nSPS) is 24.8. The Labute approximate surface area is 140 Å². The Morgan fingerprint density at radius 3 is 2.30 bits per heavy atom. The van der Waals surface area contributed by atoms with Gasteiger partial charge in [-0.25, -0.2) is 0 Å². The third kappa shape index (κ3) is 4.33. The van der Waals surface area contributed by atoms with Crippen molar-refractivity contribution in [3.05, 3.63) is 17.0 Å². The molecule has 3 atom stereocenters. The average Bonchev–Trinajstić information content (AvgIpc) is 2.63. The minimum atomic E-state index is -3.43. The van der Waals surface area contributed by atoms with E-state index < -0.39 is 10.2 Å². The summed E-state index contributed by atoms with van der Waals surface area (Å²) in [7, 11) is -1.52. The highest BCUT2D eigenvalue weighted by molar-refractivity contribution is 7.87. The molecule has 1 aliphatic heterocycles. The van der Waals surface area contributed by atoms with Crippen LogP contribution in [0.25, 0.3) is 0 Å². The number of piperidine rings is 1. The molecule has 1 aromatic rings. The lowest BCUT2D eigenvalue weighted by Gasteiger charge is -2.34. The summed E-state index contributed by atoms with van der Waals surface area (Å²) < 4.78 is 31.6. The molecule has 0 spiro atoms. The van der Waals surface area contributed by atoms with Gasteiger partial charge in [0, 0.05) is 31.9 Å². The number of nitrogens with one attached hydrogen (secondary N) is 1. The lowest BCUT2D eigenvalue weighted by molar-refractivity contribution is 0.220. The molecule has 1 aromatic heterocycles. The molecule has 0 amide bonds. The van der Waals surface area contributed by atoms with Gasteiger partial charge in [-0.1, -0.05) is 13.8 Å². The first-order chi connectivity index (χ1) is 10.6. The lowest BCUT2D eigenvalue weighted by Crippen LogP contribution is -2.50. The first-order valence-electron chi connectivity index (χ1n) is 8.36. The zero-order valence-corrected chi connectivity index (χ0v) is 15.9. The van der Waals surface area contributed by atoms with Gasteiger partial charge in [-0.15, -0.1) is 0 Å². The molecule has 0 saturated carbocycles. The number of aromatic nitrogens is 2. The predicted octanol–water partition coefficient (Wildman–Crippen LogP) is 1.78. The Bertz CT molecular complexity index is 643. The van der Waals surface area contributed by atoms with Gasteiger partial charge in [0.25, 0.3) is 10.2 Å². The standard InChI is InChI=1S/C16H30N4O2S/c1-11-7-12(2)10-20(9-11)23(21,22)18-13(3)8-16-14(4)17-19(6)15(16)5/h11-13,18H,7-10H2,1-6H3/t11-,12+,13-/m1/s1. The Hall–Kier alpha value is -0.920. The van der Waals surface area contributed by atoms with E-state index in [1.165, 1.54) is 0 Å². The number of aryl methyl sites for hydroxylation is 2. The van der Waals surface area contributed by atoms with E-state index in [2.05, 4.69) is 23.7 Å². The zero-order valence-electron chi connectivity index (χ0n) is 15.1. The molecule has 1 saturated heterocycles. The van der Waals surface area contributed by atoms with E-state index in [0.717, 1.165) is 23.4 Å². The zero-order chi connectivity index (χ0) is 17.4. The molecule has 0 bridgehead atoms. The van der Waals surface area contributed by atoms with Crippen molar-refractivity contribution in [3.63, 3.8) is 0 Å². The molecule has 0 radical (unpaired) electrons. The molecule has 0 aromatic carbocycles. The van der Waals surface area contributed by atoms with Gasteiger partial charge in [-0.05, 0) is 51.0 Å². The van der Waals surface area contributed by atoms with Crippen molar-refractivity contribution in [3.8, 4) is 0 Å². The summed E-state index contributed by atoms with van der Waals surface area (Å²) in [5, 5.41) is 4.40. The number of rotatable bonds is 5. The van der Waals surface area contributed by atoms with Crippen LogP contribution in [0.15, 0.2) is 0 Å². The Morgan fingerprint density at radius 1 is 1.26 bits per heavy atom. The van der Waals surface area contributed by atoms with Crippen LogP contribution >= 0.6 is 0 Å². The third-order valence-electron chi connectivity index (χ3n) is 4.69. The molecule has 132 valence electrons. The van der Waals surface area contributed by atoms with Crippen molar-refractivity contribution in [2.75, 3.05) is 13.1 Å². The van der Waals surface area contributed by atoms with Crippen LogP contribution in [0.4, 0.5) is 0 Å². The first-order valence-corrected chi connectivity index (χ1v) is 9.80. The van der Waals surface area contributed by atoms with E-state index in [4.69, 9.17) is 0 Å². The smallest absolute Gasteiger partial charge is 0.272 e. The Balaban J connectivity index is 2.05. The summed E-state index contributed by atoms with van der Waals surface area (Å²) in [6.45, 7) is 11.4. The number of hydrogen-bond acceptors (Lipinski definition) is 3. The van der Waals surface area contributed by atoms with E-state index in [-0.39, 0.29) is 6.04 Å². The minimum Gasteiger partial charge on any atom is -0.272 e. The third-order valence-corrected chi connectivity index (χ3v) is 6.37. The van der Waals surface area contributed by atoms with E-state index in [0.29, 0.717) is 31.3 Å². The van der Waals surface area contributed by atoms with Gasteiger partial charge in [-0.2, -0.15) is 22.5 Å². The summed E-state index contributed by atoms with van der Waals surface area (Å²) in [5.41, 5.74) is 3.19. The van der Waals surface area contributed by atoms with Crippen molar-refractivity contribution < 1.29 is 8.42 Å². The molecule has 1 fully saturated rings. The molecule has 1 aliphatic rings. The van der Waals surface area contributed by atoms with Crippen molar-refractivity contribution in [1.29, 1.82) is 0 Å². The Morgan fingerprint density at radius 2 is 1.83 bits per heavy atom. The van der Waals surface area contributed by atoms with Gasteiger partial charge < -0.3 is 0 Å². The van der Waals surface area contributed by atoms with Crippen molar-refractivity contribution in [1.82, 2.24) is 18.8 Å². The van der Waals surface area contributed by atoms with Crippen LogP contribution in [0.5, 0.6) is 0 Å². The second-order valence-electron chi connectivity index (χ2n) is 7.26. The predicted molar refractivity (Wildman–Crippen MR) is 92.4 cm³/mol. The highest BCUT2D eigenvalue weighted by Crippen LogP contribution is 2.23. The molecule has 0 unspecified atom stereocenters. The Kier molecular flexibility index (Phi) is 5.53. The SMILES string of the molecule is Cc1nn(C)c(C)c1C[C@@H](C)NS(=O)(=O)N1C[C@H](C)C[C@H](C)C1. The quantitative estimate of drug-likeness (QED) is 0.887. The molecular weight excluding hydrogens is 312 g/mol. The summed E-state index contributed by atoms with van der Waals surface area (Å²) in [6, 6.07) is -0.158. The van der Waals surface area contributed by atoms with Gasteiger partial charge in [-0.3, -0.25) is 4.68 Å². The maximum Gasteiger partial charge on any atom is 0.279 e. The van der Waals surface area contributed by atoms with Crippen LogP contribution in [-0.2, 0) is 23.7 Å². The fourth-order valence-corrected chi connectivity index (χ4v) is 5.23. The second kappa shape index (κ2) is 6.91. The number of nitrogens with zero attached hydrogens (tertiary/aromatic N) is 3. The van der Waals surface area contributed by atoms with E-state index in [9.17, 15) is 8.42 Å². The fourth-order valence-electron chi connectivity index (χ4n) is 3.59. The topological polar surface area (TPSA) is 67.2 Å². The van der Waals surface area contributed by atoms with Crippen molar-refractivity contribution in [2.45, 2.75) is 53.5 Å². The summed E-state index contributed by atoms with van der Waals surface area (Å²) in [5.74, 6) is 0.821. The highest BCUT2D eigenvalue weighted by atomic mass is 32.2.